The van der Waals surface area contributed by atoms with Crippen LogP contribution < -0.4 is 5.44 Å². The number of amides is 1. The normalized spacial score (nSPS) is 15.9. The zero-order valence-corrected chi connectivity index (χ0v) is 61.5. The number of carbonyl (C=O) groups is 1. The number of nitrogens with zero attached hydrogens (tertiary/aromatic N) is 12. The van der Waals surface area contributed by atoms with E-state index in [1.54, 1.807) is 13.3 Å². The highest BCUT2D eigenvalue weighted by Crippen LogP contribution is 2.49. The first-order valence-electron chi connectivity index (χ1n) is 37.1. The van der Waals surface area contributed by atoms with Crippen LogP contribution in [0, 0.1) is 17.5 Å². The predicted octanol–water partition coefficient (Wildman–Crippen LogP) is 16.0. The summed E-state index contributed by atoms with van der Waals surface area (Å²) in [4.78, 5) is 18.6. The second kappa shape index (κ2) is 29.1. The molecule has 108 heavy (non-hydrogen) atoms. The van der Waals surface area contributed by atoms with E-state index in [1.807, 2.05) is 120 Å². The third-order valence-electron chi connectivity index (χ3n) is 21.9. The third-order valence-corrected chi connectivity index (χ3v) is 23.3. The average molecular weight is 1470 g/mol. The van der Waals surface area contributed by atoms with Crippen LogP contribution in [0.2, 0.25) is 0 Å². The molecule has 552 valence electrons. The molecule has 0 bridgehead atoms. The monoisotopic (exact) mass is 1470 g/mol. The van der Waals surface area contributed by atoms with Crippen LogP contribution in [-0.4, -0.2) is 157 Å². The van der Waals surface area contributed by atoms with E-state index in [1.165, 1.54) is 53.5 Å². The summed E-state index contributed by atoms with van der Waals surface area (Å²) in [6.07, 6.45) is 22.2. The fraction of sp³-hybridized carbons (Fsp3) is 0.313. The maximum absolute atomic E-state index is 13.9. The highest BCUT2D eigenvalue weighted by atomic mass is 31.2. The minimum atomic E-state index is -2.47. The fourth-order valence-corrected chi connectivity index (χ4v) is 17.1. The van der Waals surface area contributed by atoms with Gasteiger partial charge in [-0.15, -0.1) is 0 Å². The number of aromatic amines is 3. The van der Waals surface area contributed by atoms with Crippen molar-refractivity contribution in [2.24, 2.45) is 0 Å². The summed E-state index contributed by atoms with van der Waals surface area (Å²) in [6, 6.07) is 36.8. The highest BCUT2D eigenvalue weighted by Gasteiger charge is 2.34. The molecule has 25 heteroatoms. The summed E-state index contributed by atoms with van der Waals surface area (Å²) in [7, 11) is -2.47. The van der Waals surface area contributed by atoms with Crippen molar-refractivity contribution in [3.63, 3.8) is 0 Å². The Morgan fingerprint density at radius 3 is 1.30 bits per heavy atom. The number of H-pyrrole nitrogens is 3. The van der Waals surface area contributed by atoms with Crippen LogP contribution in [0.5, 0.6) is 0 Å². The van der Waals surface area contributed by atoms with Gasteiger partial charge in [0.15, 0.2) is 0 Å². The molecule has 0 unspecified atom stereocenters. The first-order chi connectivity index (χ1) is 52.5. The van der Waals surface area contributed by atoms with E-state index in [0.29, 0.717) is 64.6 Å². The fourth-order valence-electron chi connectivity index (χ4n) is 16.3. The molecule has 21 nitrogen and oxygen atoms in total. The standard InChI is InChI=1S/C29H29FN6O2.C27H28FN5O2.C27H26FN4O2P/c30-22-3-5-23(6-4-22)36-26-14-20-16-31-33-25(20)15-24(26)28(29(36)19-7-12-38-13-8-19)21-17-32-35(18-21)11-10-34-9-1-2-27(34)37;1-27(2,16-34)32-15-19(14-30-32)25-22-12-23-18(13-29-31-23)11-24(22)33(21-5-3-20(28)4-6-21)26(25)17-7-9-35-10-8-17;1-35(2,33)25-8-3-18(15-29-25)26-22-14-23-19(16-30-31-23)13-24(22)32(21-6-4-20(28)5-7-21)27(26)17-9-11-34-12-10-17/h3-6,14-19H,1-2,7-13H2,(H,31,33);3-6,11-15,17,34H,7-10,16H2,1-2H3,(H,29,31);3-8,13-17H,9-12H2,1-2H3,(H,30,31). The van der Waals surface area contributed by atoms with E-state index in [-0.39, 0.29) is 47.7 Å². The van der Waals surface area contributed by atoms with Crippen molar-refractivity contribution in [3.8, 4) is 50.4 Å². The van der Waals surface area contributed by atoms with Crippen molar-refractivity contribution in [1.82, 2.24) is 73.7 Å². The number of likely N-dealkylation sites (tertiary alicyclic amines) is 1. The lowest BCUT2D eigenvalue weighted by molar-refractivity contribution is -0.127. The molecule has 4 fully saturated rings. The molecule has 0 saturated carbocycles. The van der Waals surface area contributed by atoms with Crippen molar-refractivity contribution in [3.05, 3.63) is 205 Å². The first kappa shape index (κ1) is 70.2. The Kier molecular flexibility index (Phi) is 18.9. The van der Waals surface area contributed by atoms with E-state index in [9.17, 15) is 27.6 Å². The Bertz CT molecular complexity index is 5840. The molecule has 15 aromatic rings. The number of carbonyl (C=O) groups excluding carboxylic acids is 1. The van der Waals surface area contributed by atoms with Crippen molar-refractivity contribution in [2.75, 3.05) is 72.7 Å². The number of rotatable bonds is 15. The van der Waals surface area contributed by atoms with E-state index >= 15 is 0 Å². The molecule has 4 aliphatic rings. The van der Waals surface area contributed by atoms with Crippen LogP contribution in [0.15, 0.2) is 171 Å². The van der Waals surface area contributed by atoms with Gasteiger partial charge in [-0.3, -0.25) is 34.4 Å². The van der Waals surface area contributed by atoms with E-state index < -0.39 is 12.7 Å². The van der Waals surface area contributed by atoms with Crippen LogP contribution in [0.25, 0.3) is 116 Å². The highest BCUT2D eigenvalue weighted by molar-refractivity contribution is 7.69. The number of aliphatic hydroxyl groups is 1. The number of halogens is 3. The number of pyridine rings is 1. The van der Waals surface area contributed by atoms with Gasteiger partial charge in [-0.25, -0.2) is 13.2 Å². The summed E-state index contributed by atoms with van der Waals surface area (Å²) in [5.41, 5.74) is 18.7. The van der Waals surface area contributed by atoms with Crippen molar-refractivity contribution >= 4 is 83.9 Å². The molecule has 6 aromatic carbocycles. The summed E-state index contributed by atoms with van der Waals surface area (Å²) >= 11 is 0. The molecule has 9 aromatic heterocycles. The second-order valence-electron chi connectivity index (χ2n) is 29.7. The van der Waals surface area contributed by atoms with Crippen LogP contribution in [-0.2, 0) is 35.7 Å². The Labute approximate surface area is 620 Å². The predicted molar refractivity (Wildman–Crippen MR) is 414 cm³/mol. The summed E-state index contributed by atoms with van der Waals surface area (Å²) < 4.78 is 82.0. The zero-order chi connectivity index (χ0) is 74.0. The maximum Gasteiger partial charge on any atom is 0.222 e. The number of aromatic nitrogens is 14. The summed E-state index contributed by atoms with van der Waals surface area (Å²) in [5, 5.41) is 47.6. The number of nitrogens with one attached hydrogen (secondary N) is 3. The number of fused-ring (bicyclic) bond motifs is 6. The molecule has 13 heterocycles. The van der Waals surface area contributed by atoms with E-state index in [0.717, 1.165) is 167 Å². The maximum atomic E-state index is 13.9. The zero-order valence-electron chi connectivity index (χ0n) is 60.6. The molecule has 19 rings (SSSR count). The lowest BCUT2D eigenvalue weighted by atomic mass is 9.90. The van der Waals surface area contributed by atoms with Crippen LogP contribution in [0.3, 0.4) is 0 Å². The Morgan fingerprint density at radius 1 is 0.509 bits per heavy atom. The molecule has 1 amide bonds. The number of hydrogen-bond donors (Lipinski definition) is 4. The Morgan fingerprint density at radius 2 is 0.917 bits per heavy atom. The third kappa shape index (κ3) is 13.4. The summed E-state index contributed by atoms with van der Waals surface area (Å²) in [6.45, 7) is 13.7. The van der Waals surface area contributed by atoms with Crippen LogP contribution >= 0.6 is 7.14 Å². The molecule has 0 atom stereocenters. The molecule has 4 N–H and O–H groups in total. The van der Waals surface area contributed by atoms with Crippen LogP contribution in [0.1, 0.15) is 100 Å². The number of benzene rings is 6. The smallest absolute Gasteiger partial charge is 0.222 e. The molecule has 0 aliphatic carbocycles. The van der Waals surface area contributed by atoms with E-state index in [4.69, 9.17) is 19.3 Å². The van der Waals surface area contributed by atoms with Gasteiger partial charge in [0, 0.05) is 195 Å². The number of hydrogen-bond acceptors (Lipinski definition) is 12. The van der Waals surface area contributed by atoms with Gasteiger partial charge in [-0.05, 0) is 187 Å². The average Bonchev–Trinajstić information content (AvgIpc) is 1.55. The van der Waals surface area contributed by atoms with Crippen molar-refractivity contribution in [1.29, 1.82) is 0 Å². The number of aliphatic hydroxyl groups excluding tert-OH is 1. The number of ether oxygens (including phenoxy) is 3. The van der Waals surface area contributed by atoms with Gasteiger partial charge in [0.1, 0.15) is 24.6 Å². The first-order valence-corrected chi connectivity index (χ1v) is 39.7. The van der Waals surface area contributed by atoms with E-state index in [2.05, 4.69) is 97.0 Å². The summed E-state index contributed by atoms with van der Waals surface area (Å²) in [5.74, 6) is 0.246. The van der Waals surface area contributed by atoms with Gasteiger partial charge in [-0.2, -0.15) is 25.5 Å². The molecular formula is C83H83F3N15O6P. The van der Waals surface area contributed by atoms with Gasteiger partial charge in [0.05, 0.1) is 88.2 Å². The molecule has 0 spiro atoms. The minimum Gasteiger partial charge on any atom is -0.394 e. The lowest BCUT2D eigenvalue weighted by Crippen LogP contribution is -2.30. The Hall–Kier alpha value is -10.8. The van der Waals surface area contributed by atoms with Gasteiger partial charge in [0.2, 0.25) is 5.91 Å². The largest absolute Gasteiger partial charge is 0.394 e. The molecular weight excluding hydrogens is 1390 g/mol. The van der Waals surface area contributed by atoms with Gasteiger partial charge >= 0.3 is 0 Å². The van der Waals surface area contributed by atoms with Gasteiger partial charge in [0.25, 0.3) is 0 Å². The minimum absolute atomic E-state index is 0.0208. The molecule has 4 aliphatic heterocycles. The lowest BCUT2D eigenvalue weighted by Gasteiger charge is -2.26. The molecule has 4 saturated heterocycles. The Balaban J connectivity index is 0.000000119. The van der Waals surface area contributed by atoms with Crippen molar-refractivity contribution in [2.45, 2.75) is 95.1 Å². The quantitative estimate of drug-likeness (QED) is 0.0702. The van der Waals surface area contributed by atoms with Gasteiger partial charge in [-0.1, -0.05) is 6.07 Å². The second-order valence-corrected chi connectivity index (χ2v) is 32.9. The van der Waals surface area contributed by atoms with Crippen molar-refractivity contribution < 1.29 is 41.8 Å². The molecule has 0 radical (unpaired) electrons. The SMILES string of the molecule is CC(C)(CO)n1cc(-c2c(C3CCOCC3)n(-c3ccc(F)cc3)c3cc4cn[nH]c4cc23)cn1.CP(C)(=O)c1ccc(-c2c(C3CCOCC3)n(-c3ccc(F)cc3)c3cc4cn[nH]c4cc23)cn1.O=C1CCCN1CCn1cc(-c2c(C3CCOCC3)n(-c3ccc(F)cc3)c3cc4cn[nH]c4cc23)cn1. The van der Waals surface area contributed by atoms with Gasteiger partial charge < -0.3 is 42.5 Å². The topological polar surface area (TPSA) is 235 Å². The van der Waals surface area contributed by atoms with Crippen LogP contribution in [0.4, 0.5) is 13.2 Å².